The molecule has 0 amide bonds. The Morgan fingerprint density at radius 1 is 0.425 bits per heavy atom. The van der Waals surface area contributed by atoms with Gasteiger partial charge < -0.3 is 4.57 Å². The zero-order valence-corrected chi connectivity index (χ0v) is 21.5. The minimum atomic E-state index is 0.717. The Morgan fingerprint density at radius 3 is 1.93 bits per heavy atom. The molecular formula is C36H22N4. The van der Waals surface area contributed by atoms with E-state index >= 15 is 0 Å². The van der Waals surface area contributed by atoms with Crippen LogP contribution >= 0.6 is 0 Å². The number of benzene rings is 6. The van der Waals surface area contributed by atoms with Crippen molar-refractivity contribution in [1.29, 1.82) is 0 Å². The summed E-state index contributed by atoms with van der Waals surface area (Å²) in [5, 5.41) is 6.04. The van der Waals surface area contributed by atoms with Gasteiger partial charge in [-0.15, -0.1) is 0 Å². The molecule has 1 aromatic heterocycles. The molecule has 0 saturated heterocycles. The maximum absolute atomic E-state index is 5.27. The summed E-state index contributed by atoms with van der Waals surface area (Å²) in [6.07, 6.45) is 0. The number of nitrogens with zero attached hydrogens (tertiary/aromatic N) is 4. The number of hydrogen-bond acceptors (Lipinski definition) is 2. The molecule has 0 fully saturated rings. The molecule has 0 spiro atoms. The average molecular weight is 511 g/mol. The highest BCUT2D eigenvalue weighted by Gasteiger charge is 2.23. The van der Waals surface area contributed by atoms with Crippen molar-refractivity contribution in [3.8, 4) is 22.9 Å². The van der Waals surface area contributed by atoms with Crippen LogP contribution in [0.1, 0.15) is 0 Å². The smallest absolute Gasteiger partial charge is 0.162 e. The first-order valence-corrected chi connectivity index (χ1v) is 13.5. The van der Waals surface area contributed by atoms with Crippen LogP contribution in [0.15, 0.2) is 133 Å². The Hall–Kier alpha value is -5.48. The highest BCUT2D eigenvalue weighted by atomic mass is 15.1. The van der Waals surface area contributed by atoms with Crippen LogP contribution < -0.4 is 0 Å². The van der Waals surface area contributed by atoms with Crippen LogP contribution in [0.25, 0.3) is 77.4 Å². The van der Waals surface area contributed by atoms with Crippen LogP contribution in [0.5, 0.6) is 0 Å². The summed E-state index contributed by atoms with van der Waals surface area (Å²) in [5.74, 6) is 1.59. The van der Waals surface area contributed by atoms with Crippen molar-refractivity contribution in [2.45, 2.75) is 0 Å². The monoisotopic (exact) mass is 510 g/mol. The summed E-state index contributed by atoms with van der Waals surface area (Å²) >= 11 is 0. The van der Waals surface area contributed by atoms with Gasteiger partial charge in [-0.05, 0) is 47.2 Å². The zero-order valence-electron chi connectivity index (χ0n) is 21.5. The van der Waals surface area contributed by atoms with Crippen molar-refractivity contribution < 1.29 is 0 Å². The van der Waals surface area contributed by atoms with Gasteiger partial charge in [0, 0.05) is 21.7 Å². The third-order valence-electron chi connectivity index (χ3n) is 8.08. The summed E-state index contributed by atoms with van der Waals surface area (Å²) in [4.78, 5) is 10.3. The first-order valence-electron chi connectivity index (χ1n) is 13.5. The van der Waals surface area contributed by atoms with Crippen LogP contribution in [-0.4, -0.2) is 19.1 Å². The van der Waals surface area contributed by atoms with E-state index in [1.165, 1.54) is 32.7 Å². The summed E-state index contributed by atoms with van der Waals surface area (Å²) in [7, 11) is 0. The first kappa shape index (κ1) is 21.5. The van der Waals surface area contributed by atoms with E-state index in [1.807, 2.05) is 24.3 Å². The molecule has 6 aromatic carbocycles. The fourth-order valence-electron chi connectivity index (χ4n) is 6.41. The molecule has 9 rings (SSSR count). The van der Waals surface area contributed by atoms with E-state index in [0.29, 0.717) is 5.82 Å². The predicted octanol–water partition coefficient (Wildman–Crippen LogP) is 8.93. The van der Waals surface area contributed by atoms with Gasteiger partial charge in [-0.2, -0.15) is 0 Å². The standard InChI is InChI=1S/C36H22N4/c1-2-11-24(12-3-1)35-37-28-18-5-4-15-27(28)36(38-35)40-30-20-7-6-19-29(30)39-31-21-9-14-23-13-8-16-25(33(23)31)26-17-10-22-32(40)34(26)39/h1-22H. The van der Waals surface area contributed by atoms with Gasteiger partial charge in [-0.1, -0.05) is 97.1 Å². The van der Waals surface area contributed by atoms with E-state index in [2.05, 4.69) is 118 Å². The number of fused-ring (bicyclic) bond motifs is 5. The van der Waals surface area contributed by atoms with Gasteiger partial charge in [-0.25, -0.2) is 9.97 Å². The van der Waals surface area contributed by atoms with Gasteiger partial charge in [-0.3, -0.25) is 4.57 Å². The maximum Gasteiger partial charge on any atom is 0.162 e. The molecule has 0 N–H and O–H groups in total. The van der Waals surface area contributed by atoms with Crippen LogP contribution in [0.4, 0.5) is 0 Å². The number of rotatable bonds is 2. The molecule has 2 aliphatic heterocycles. The SMILES string of the molecule is c1ccc(-c2nc(-n3c4cccc5c4-n(c4cccc6cccc5c64)c4ccccc43)c3ccccc3n2)cc1. The van der Waals surface area contributed by atoms with Gasteiger partial charge in [0.15, 0.2) is 5.82 Å². The number of aromatic nitrogens is 4. The average Bonchev–Trinajstić information content (AvgIpc) is 3.03. The lowest BCUT2D eigenvalue weighted by molar-refractivity contribution is 1.03. The second-order valence-corrected chi connectivity index (χ2v) is 10.3. The number of para-hydroxylation sites is 4. The fraction of sp³-hybridized carbons (Fsp3) is 0. The molecule has 0 radical (unpaired) electrons. The van der Waals surface area contributed by atoms with E-state index in [4.69, 9.17) is 9.97 Å². The Balaban J connectivity index is 1.54. The first-order chi connectivity index (χ1) is 19.9. The second kappa shape index (κ2) is 8.01. The van der Waals surface area contributed by atoms with Gasteiger partial charge in [0.25, 0.3) is 0 Å². The number of pyridine rings is 1. The van der Waals surface area contributed by atoms with Crippen molar-refractivity contribution >= 4 is 54.5 Å². The molecule has 0 bridgehead atoms. The van der Waals surface area contributed by atoms with E-state index in [1.54, 1.807) is 0 Å². The maximum atomic E-state index is 5.27. The third-order valence-corrected chi connectivity index (χ3v) is 8.08. The molecule has 3 heterocycles. The van der Waals surface area contributed by atoms with Crippen LogP contribution in [-0.2, 0) is 0 Å². The van der Waals surface area contributed by atoms with Gasteiger partial charge in [0.05, 0.1) is 33.3 Å². The molecule has 4 heteroatoms. The van der Waals surface area contributed by atoms with E-state index in [0.717, 1.165) is 38.8 Å². The Kier molecular flexibility index (Phi) is 4.30. The lowest BCUT2D eigenvalue weighted by Gasteiger charge is -2.27. The minimum Gasteiger partial charge on any atom is -0.305 e. The molecule has 40 heavy (non-hydrogen) atoms. The van der Waals surface area contributed by atoms with E-state index < -0.39 is 0 Å². The van der Waals surface area contributed by atoms with Crippen LogP contribution in [0.2, 0.25) is 0 Å². The molecule has 2 aliphatic rings. The summed E-state index contributed by atoms with van der Waals surface area (Å²) in [6, 6.07) is 47.1. The van der Waals surface area contributed by atoms with Crippen molar-refractivity contribution in [2.75, 3.05) is 0 Å². The van der Waals surface area contributed by atoms with Crippen LogP contribution in [0, 0.1) is 0 Å². The minimum absolute atomic E-state index is 0.717. The summed E-state index contributed by atoms with van der Waals surface area (Å²) in [6.45, 7) is 0. The normalized spacial score (nSPS) is 12.0. The summed E-state index contributed by atoms with van der Waals surface area (Å²) in [5.41, 5.74) is 7.63. The molecule has 7 aromatic rings. The Labute approximate surface area is 229 Å². The predicted molar refractivity (Wildman–Crippen MR) is 165 cm³/mol. The van der Waals surface area contributed by atoms with E-state index in [-0.39, 0.29) is 0 Å². The van der Waals surface area contributed by atoms with Gasteiger partial charge in [0.2, 0.25) is 0 Å². The molecule has 0 unspecified atom stereocenters. The van der Waals surface area contributed by atoms with Crippen molar-refractivity contribution in [2.24, 2.45) is 0 Å². The largest absolute Gasteiger partial charge is 0.305 e. The molecule has 4 nitrogen and oxygen atoms in total. The molecule has 0 saturated carbocycles. The third kappa shape index (κ3) is 2.85. The Bertz CT molecular complexity index is 2370. The molecule has 0 atom stereocenters. The molecular weight excluding hydrogens is 488 g/mol. The zero-order chi connectivity index (χ0) is 26.2. The Morgan fingerprint density at radius 2 is 1.05 bits per heavy atom. The van der Waals surface area contributed by atoms with Crippen LogP contribution in [0.3, 0.4) is 0 Å². The quantitative estimate of drug-likeness (QED) is 0.172. The van der Waals surface area contributed by atoms with Crippen molar-refractivity contribution in [3.05, 3.63) is 133 Å². The highest BCUT2D eigenvalue weighted by Crippen LogP contribution is 2.42. The number of hydrogen-bond donors (Lipinski definition) is 0. The van der Waals surface area contributed by atoms with E-state index in [9.17, 15) is 0 Å². The second-order valence-electron chi connectivity index (χ2n) is 10.3. The lowest BCUT2D eigenvalue weighted by atomic mass is 9.97. The molecule has 186 valence electrons. The van der Waals surface area contributed by atoms with Crippen molar-refractivity contribution in [1.82, 2.24) is 19.1 Å². The summed E-state index contributed by atoms with van der Waals surface area (Å²) < 4.78 is 4.77. The van der Waals surface area contributed by atoms with Gasteiger partial charge in [0.1, 0.15) is 5.82 Å². The lowest BCUT2D eigenvalue weighted by Crippen LogP contribution is -2.13. The van der Waals surface area contributed by atoms with Crippen molar-refractivity contribution in [3.63, 3.8) is 0 Å². The highest BCUT2D eigenvalue weighted by molar-refractivity contribution is 6.20. The van der Waals surface area contributed by atoms with Gasteiger partial charge >= 0.3 is 0 Å². The molecule has 0 aliphatic carbocycles. The topological polar surface area (TPSA) is 35.6 Å². The fourth-order valence-corrected chi connectivity index (χ4v) is 6.41.